The summed E-state index contributed by atoms with van der Waals surface area (Å²) in [6, 6.07) is 11.7. The summed E-state index contributed by atoms with van der Waals surface area (Å²) in [6.07, 6.45) is 2.70. The number of para-hydroxylation sites is 1. The number of carbonyl (C=O) groups is 2. The number of hydrogen-bond donors (Lipinski definition) is 2. The fourth-order valence-electron chi connectivity index (χ4n) is 3.95. The second-order valence-corrected chi connectivity index (χ2v) is 8.45. The van der Waals surface area contributed by atoms with Gasteiger partial charge in [-0.2, -0.15) is 18.3 Å². The summed E-state index contributed by atoms with van der Waals surface area (Å²) in [7, 11) is 0. The topological polar surface area (TPSA) is 127 Å². The molecular formula is C25H26F3N7O4. The van der Waals surface area contributed by atoms with Crippen LogP contribution in [0.5, 0.6) is 0 Å². The maximum absolute atomic E-state index is 13.0. The van der Waals surface area contributed by atoms with Gasteiger partial charge in [0, 0.05) is 32.0 Å². The Labute approximate surface area is 220 Å². The summed E-state index contributed by atoms with van der Waals surface area (Å²) < 4.78 is 40.8. The highest BCUT2D eigenvalue weighted by Crippen LogP contribution is 2.24. The van der Waals surface area contributed by atoms with Crippen LogP contribution in [0, 0.1) is 0 Å². The molecule has 1 aliphatic heterocycles. The van der Waals surface area contributed by atoms with E-state index in [9.17, 15) is 18.0 Å². The van der Waals surface area contributed by atoms with Gasteiger partial charge in [0.2, 0.25) is 0 Å². The molecule has 0 spiro atoms. The van der Waals surface area contributed by atoms with Crippen LogP contribution in [-0.4, -0.2) is 91.6 Å². The first kappa shape index (κ1) is 27.7. The van der Waals surface area contributed by atoms with Crippen molar-refractivity contribution < 1.29 is 32.6 Å². The van der Waals surface area contributed by atoms with E-state index in [2.05, 4.69) is 20.3 Å². The van der Waals surface area contributed by atoms with Crippen LogP contribution in [0.1, 0.15) is 16.9 Å². The second kappa shape index (κ2) is 12.5. The van der Waals surface area contributed by atoms with E-state index in [1.165, 1.54) is 0 Å². The number of nitrogens with one attached hydrogen (secondary N) is 1. The largest absolute Gasteiger partial charge is 0.490 e. The van der Waals surface area contributed by atoms with E-state index in [-0.39, 0.29) is 5.91 Å². The highest BCUT2D eigenvalue weighted by Gasteiger charge is 2.38. The van der Waals surface area contributed by atoms with E-state index >= 15 is 0 Å². The summed E-state index contributed by atoms with van der Waals surface area (Å²) >= 11 is 0. The number of imidazole rings is 1. The fourth-order valence-corrected chi connectivity index (χ4v) is 3.95. The number of benzene rings is 1. The van der Waals surface area contributed by atoms with Crippen LogP contribution < -0.4 is 5.32 Å². The van der Waals surface area contributed by atoms with Crippen molar-refractivity contribution in [2.24, 2.45) is 0 Å². The van der Waals surface area contributed by atoms with Gasteiger partial charge >= 0.3 is 12.1 Å². The number of aliphatic carboxylic acids is 1. The predicted molar refractivity (Wildman–Crippen MR) is 133 cm³/mol. The minimum Gasteiger partial charge on any atom is -0.475 e. The van der Waals surface area contributed by atoms with Gasteiger partial charge < -0.3 is 15.2 Å². The van der Waals surface area contributed by atoms with Crippen molar-refractivity contribution in [3.8, 4) is 17.2 Å². The van der Waals surface area contributed by atoms with Gasteiger partial charge in [0.15, 0.2) is 11.5 Å². The van der Waals surface area contributed by atoms with Crippen molar-refractivity contribution >= 4 is 17.4 Å². The second-order valence-electron chi connectivity index (χ2n) is 8.45. The summed E-state index contributed by atoms with van der Waals surface area (Å²) in [5.41, 5.74) is 2.74. The molecule has 4 aromatic rings. The molecule has 4 heterocycles. The summed E-state index contributed by atoms with van der Waals surface area (Å²) in [6.45, 7) is 4.99. The van der Waals surface area contributed by atoms with Gasteiger partial charge in [0.25, 0.3) is 5.91 Å². The molecular weight excluding hydrogens is 519 g/mol. The minimum absolute atomic E-state index is 0.200. The molecule has 0 saturated carbocycles. The third kappa shape index (κ3) is 6.97. The Morgan fingerprint density at radius 1 is 1.08 bits per heavy atom. The number of rotatable bonds is 7. The molecule has 11 nitrogen and oxygen atoms in total. The Bertz CT molecular complexity index is 1400. The molecule has 206 valence electrons. The Hall–Kier alpha value is -4.30. The lowest BCUT2D eigenvalue weighted by atomic mass is 10.3. The molecule has 39 heavy (non-hydrogen) atoms. The molecule has 0 bridgehead atoms. The lowest BCUT2D eigenvalue weighted by Gasteiger charge is -2.26. The minimum atomic E-state index is -5.08. The van der Waals surface area contributed by atoms with Gasteiger partial charge in [0.05, 0.1) is 36.8 Å². The van der Waals surface area contributed by atoms with E-state index in [0.29, 0.717) is 23.6 Å². The monoisotopic (exact) mass is 545 g/mol. The van der Waals surface area contributed by atoms with Crippen LogP contribution in [0.3, 0.4) is 0 Å². The third-order valence-corrected chi connectivity index (χ3v) is 5.82. The number of aromatic nitrogens is 5. The Morgan fingerprint density at radius 2 is 1.79 bits per heavy atom. The fraction of sp³-hybridized carbons (Fsp3) is 0.320. The average molecular weight is 546 g/mol. The normalized spacial score (nSPS) is 14.0. The average Bonchev–Trinajstić information content (AvgIpc) is 3.57. The quantitative estimate of drug-likeness (QED) is 0.340. The molecule has 0 aliphatic carbocycles. The standard InChI is InChI=1S/C23H25N7O2.C2HF3O2/c31-23(25-8-4-11-28-13-15-32-16-14-28)21-20-17-24-10-12-29(20)22(27-21)19-7-9-26-30(19)18-5-2-1-3-6-18;3-2(4,5)1(6)7/h1-3,5-7,9-10,12,17H,4,8,11,13-16H2,(H,25,31);(H,6,7). The summed E-state index contributed by atoms with van der Waals surface area (Å²) in [4.78, 5) is 33.1. The summed E-state index contributed by atoms with van der Waals surface area (Å²) in [5, 5.41) is 14.6. The van der Waals surface area contributed by atoms with E-state index < -0.39 is 12.1 Å². The van der Waals surface area contributed by atoms with Crippen LogP contribution in [0.4, 0.5) is 13.2 Å². The molecule has 1 fully saturated rings. The van der Waals surface area contributed by atoms with Gasteiger partial charge in [-0.15, -0.1) is 0 Å². The van der Waals surface area contributed by atoms with E-state index in [1.807, 2.05) is 51.7 Å². The number of morpholine rings is 1. The summed E-state index contributed by atoms with van der Waals surface area (Å²) in [5.74, 6) is -2.32. The number of fused-ring (bicyclic) bond motifs is 1. The van der Waals surface area contributed by atoms with Gasteiger partial charge in [-0.25, -0.2) is 14.5 Å². The van der Waals surface area contributed by atoms with Crippen LogP contribution in [0.25, 0.3) is 22.7 Å². The molecule has 0 unspecified atom stereocenters. The van der Waals surface area contributed by atoms with Gasteiger partial charge in [-0.05, 0) is 31.2 Å². The highest BCUT2D eigenvalue weighted by molar-refractivity contribution is 5.99. The van der Waals surface area contributed by atoms with Crippen LogP contribution >= 0.6 is 0 Å². The molecule has 2 N–H and O–H groups in total. The molecule has 1 aliphatic rings. The van der Waals surface area contributed by atoms with Crippen molar-refractivity contribution in [1.29, 1.82) is 0 Å². The zero-order chi connectivity index (χ0) is 27.8. The number of amides is 1. The lowest BCUT2D eigenvalue weighted by Crippen LogP contribution is -2.38. The maximum atomic E-state index is 13.0. The van der Waals surface area contributed by atoms with Gasteiger partial charge in [0.1, 0.15) is 5.69 Å². The molecule has 0 radical (unpaired) electrons. The van der Waals surface area contributed by atoms with Crippen LogP contribution in [0.15, 0.2) is 61.2 Å². The smallest absolute Gasteiger partial charge is 0.475 e. The van der Waals surface area contributed by atoms with Crippen LogP contribution in [0.2, 0.25) is 0 Å². The first-order valence-corrected chi connectivity index (χ1v) is 12.1. The van der Waals surface area contributed by atoms with Crippen molar-refractivity contribution in [3.05, 3.63) is 66.9 Å². The third-order valence-electron chi connectivity index (χ3n) is 5.82. The van der Waals surface area contributed by atoms with Crippen molar-refractivity contribution in [1.82, 2.24) is 34.4 Å². The number of nitrogens with zero attached hydrogens (tertiary/aromatic N) is 6. The van der Waals surface area contributed by atoms with E-state index in [0.717, 1.165) is 50.7 Å². The lowest BCUT2D eigenvalue weighted by molar-refractivity contribution is -0.192. The van der Waals surface area contributed by atoms with E-state index in [1.54, 1.807) is 18.6 Å². The number of carboxylic acid groups (broad SMARTS) is 1. The number of alkyl halides is 3. The highest BCUT2D eigenvalue weighted by atomic mass is 19.4. The van der Waals surface area contributed by atoms with Gasteiger partial charge in [-0.1, -0.05) is 18.2 Å². The van der Waals surface area contributed by atoms with Crippen molar-refractivity contribution in [3.63, 3.8) is 0 Å². The Morgan fingerprint density at radius 3 is 2.49 bits per heavy atom. The number of carbonyl (C=O) groups excluding carboxylic acids is 1. The molecule has 1 amide bonds. The van der Waals surface area contributed by atoms with Gasteiger partial charge in [-0.3, -0.25) is 19.1 Å². The van der Waals surface area contributed by atoms with Crippen molar-refractivity contribution in [2.75, 3.05) is 39.4 Å². The first-order valence-electron chi connectivity index (χ1n) is 12.1. The zero-order valence-electron chi connectivity index (χ0n) is 20.7. The number of carboxylic acids is 1. The predicted octanol–water partition coefficient (Wildman–Crippen LogP) is 2.67. The number of ether oxygens (including phenoxy) is 1. The first-order chi connectivity index (χ1) is 18.8. The Kier molecular flexibility index (Phi) is 8.88. The Balaban J connectivity index is 0.000000448. The molecule has 1 aromatic carbocycles. The number of halogens is 3. The maximum Gasteiger partial charge on any atom is 0.490 e. The molecule has 3 aromatic heterocycles. The van der Waals surface area contributed by atoms with Crippen molar-refractivity contribution in [2.45, 2.75) is 12.6 Å². The van der Waals surface area contributed by atoms with Crippen LogP contribution in [-0.2, 0) is 9.53 Å². The molecule has 5 rings (SSSR count). The zero-order valence-corrected chi connectivity index (χ0v) is 20.7. The molecule has 0 atom stereocenters. The van der Waals surface area contributed by atoms with E-state index in [4.69, 9.17) is 19.6 Å². The molecule has 1 saturated heterocycles. The molecule has 14 heteroatoms. The SMILES string of the molecule is O=C(NCCCN1CCOCC1)c1nc(-c2ccnn2-c2ccccc2)n2ccncc12.O=C(O)C(F)(F)F. The number of hydrogen-bond acceptors (Lipinski definition) is 7.